The maximum Gasteiger partial charge on any atom is 0.338 e. The molecule has 1 aromatic carbocycles. The summed E-state index contributed by atoms with van der Waals surface area (Å²) in [5, 5.41) is 4.35. The van der Waals surface area contributed by atoms with Gasteiger partial charge >= 0.3 is 18.0 Å². The summed E-state index contributed by atoms with van der Waals surface area (Å²) in [6.07, 6.45) is 0. The molecule has 2 N–H and O–H groups in total. The lowest BCUT2D eigenvalue weighted by Gasteiger charge is -2.06. The van der Waals surface area contributed by atoms with E-state index in [1.807, 2.05) is 5.32 Å². The summed E-state index contributed by atoms with van der Waals surface area (Å²) in [4.78, 5) is 45.3. The van der Waals surface area contributed by atoms with Crippen LogP contribution in [-0.2, 0) is 14.3 Å². The monoisotopic (exact) mass is 308 g/mol. The van der Waals surface area contributed by atoms with Crippen molar-refractivity contribution in [2.75, 3.05) is 20.3 Å². The van der Waals surface area contributed by atoms with Gasteiger partial charge in [0.1, 0.15) is 0 Å². The Kier molecular flexibility index (Phi) is 6.55. The van der Waals surface area contributed by atoms with Gasteiger partial charge in [-0.05, 0) is 31.2 Å². The molecule has 0 aliphatic rings. The second-order valence-electron chi connectivity index (χ2n) is 4.05. The molecule has 0 saturated heterocycles. The highest BCUT2D eigenvalue weighted by Gasteiger charge is 2.13. The Morgan fingerprint density at radius 1 is 1.00 bits per heavy atom. The number of rotatable bonds is 5. The van der Waals surface area contributed by atoms with Gasteiger partial charge in [0.25, 0.3) is 5.91 Å². The zero-order valence-corrected chi connectivity index (χ0v) is 12.2. The number of carbonyl (C=O) groups is 4. The minimum Gasteiger partial charge on any atom is -0.465 e. The molecule has 0 fully saturated rings. The third-order valence-electron chi connectivity index (χ3n) is 2.47. The topological polar surface area (TPSA) is 111 Å². The van der Waals surface area contributed by atoms with Crippen molar-refractivity contribution in [2.45, 2.75) is 6.92 Å². The van der Waals surface area contributed by atoms with E-state index in [0.29, 0.717) is 6.54 Å². The molecule has 1 rings (SSSR count). The van der Waals surface area contributed by atoms with Crippen LogP contribution in [0.2, 0.25) is 0 Å². The van der Waals surface area contributed by atoms with Crippen molar-refractivity contribution in [3.05, 3.63) is 35.4 Å². The number of carbonyl (C=O) groups excluding carboxylic acids is 4. The first-order valence-corrected chi connectivity index (χ1v) is 6.41. The van der Waals surface area contributed by atoms with Gasteiger partial charge < -0.3 is 14.8 Å². The number of urea groups is 1. The van der Waals surface area contributed by atoms with Crippen LogP contribution in [0.1, 0.15) is 27.6 Å². The van der Waals surface area contributed by atoms with Gasteiger partial charge in [-0.15, -0.1) is 0 Å². The van der Waals surface area contributed by atoms with Crippen LogP contribution in [-0.4, -0.2) is 44.1 Å². The lowest BCUT2D eigenvalue weighted by molar-refractivity contribution is -0.123. The lowest BCUT2D eigenvalue weighted by atomic mass is 10.1. The molecule has 0 bridgehead atoms. The van der Waals surface area contributed by atoms with E-state index in [0.717, 1.165) is 0 Å². The fourth-order valence-electron chi connectivity index (χ4n) is 1.44. The van der Waals surface area contributed by atoms with Gasteiger partial charge in [-0.25, -0.2) is 14.4 Å². The van der Waals surface area contributed by atoms with Crippen molar-refractivity contribution >= 4 is 23.9 Å². The Morgan fingerprint density at radius 2 is 1.55 bits per heavy atom. The van der Waals surface area contributed by atoms with Crippen LogP contribution in [0.4, 0.5) is 4.79 Å². The van der Waals surface area contributed by atoms with Crippen molar-refractivity contribution in [2.24, 2.45) is 0 Å². The summed E-state index contributed by atoms with van der Waals surface area (Å²) >= 11 is 0. The number of hydrogen-bond donors (Lipinski definition) is 2. The van der Waals surface area contributed by atoms with Gasteiger partial charge in [0.05, 0.1) is 18.2 Å². The second-order valence-corrected chi connectivity index (χ2v) is 4.05. The predicted molar refractivity (Wildman–Crippen MR) is 75.3 cm³/mol. The van der Waals surface area contributed by atoms with Crippen molar-refractivity contribution in [1.82, 2.24) is 10.6 Å². The molecular weight excluding hydrogens is 292 g/mol. The minimum atomic E-state index is -0.748. The highest BCUT2D eigenvalue weighted by molar-refractivity contribution is 5.97. The fraction of sp³-hybridized carbons (Fsp3) is 0.286. The van der Waals surface area contributed by atoms with Crippen LogP contribution >= 0.6 is 0 Å². The molecule has 1 aromatic rings. The summed E-state index contributed by atoms with van der Waals surface area (Å²) < 4.78 is 9.27. The summed E-state index contributed by atoms with van der Waals surface area (Å²) in [5.41, 5.74) is 0.450. The third-order valence-corrected chi connectivity index (χ3v) is 2.47. The molecule has 0 atom stereocenters. The van der Waals surface area contributed by atoms with E-state index in [2.05, 4.69) is 10.1 Å². The van der Waals surface area contributed by atoms with Crippen molar-refractivity contribution in [3.63, 3.8) is 0 Å². The van der Waals surface area contributed by atoms with Gasteiger partial charge in [0.2, 0.25) is 0 Å². The Balaban J connectivity index is 2.50. The van der Waals surface area contributed by atoms with Crippen LogP contribution in [0.15, 0.2) is 24.3 Å². The Labute approximate surface area is 126 Å². The van der Waals surface area contributed by atoms with Gasteiger partial charge in [-0.2, -0.15) is 0 Å². The standard InChI is InChI=1S/C14H16N2O6/c1-3-15-14(20)16-11(17)8-22-13(19)10-6-4-9(5-7-10)12(18)21-2/h4-7H,3,8H2,1-2H3,(H2,15,16,17,20). The number of imide groups is 1. The highest BCUT2D eigenvalue weighted by atomic mass is 16.5. The van der Waals surface area contributed by atoms with Crippen LogP contribution in [0.3, 0.4) is 0 Å². The molecule has 0 aliphatic carbocycles. The number of methoxy groups -OCH3 is 1. The van der Waals surface area contributed by atoms with Crippen molar-refractivity contribution in [1.29, 1.82) is 0 Å². The van der Waals surface area contributed by atoms with E-state index in [-0.39, 0.29) is 11.1 Å². The van der Waals surface area contributed by atoms with Gasteiger partial charge in [-0.3, -0.25) is 10.1 Å². The molecule has 22 heavy (non-hydrogen) atoms. The van der Waals surface area contributed by atoms with E-state index in [4.69, 9.17) is 4.74 Å². The van der Waals surface area contributed by atoms with Crippen molar-refractivity contribution in [3.8, 4) is 0 Å². The third kappa shape index (κ3) is 5.23. The molecule has 8 nitrogen and oxygen atoms in total. The molecule has 8 heteroatoms. The Hall–Kier alpha value is -2.90. The maximum absolute atomic E-state index is 11.7. The maximum atomic E-state index is 11.7. The molecule has 0 radical (unpaired) electrons. The molecular formula is C14H16N2O6. The van der Waals surface area contributed by atoms with E-state index in [1.54, 1.807) is 6.92 Å². The number of hydrogen-bond acceptors (Lipinski definition) is 6. The van der Waals surface area contributed by atoms with Crippen LogP contribution in [0.25, 0.3) is 0 Å². The summed E-state index contributed by atoms with van der Waals surface area (Å²) in [5.74, 6) is -2.02. The average molecular weight is 308 g/mol. The molecule has 0 aromatic heterocycles. The number of amides is 3. The lowest BCUT2D eigenvalue weighted by Crippen LogP contribution is -2.41. The van der Waals surface area contributed by atoms with E-state index >= 15 is 0 Å². The first-order valence-electron chi connectivity index (χ1n) is 6.41. The van der Waals surface area contributed by atoms with Crippen molar-refractivity contribution < 1.29 is 28.7 Å². The zero-order chi connectivity index (χ0) is 16.5. The smallest absolute Gasteiger partial charge is 0.338 e. The Bertz CT molecular complexity index is 567. The van der Waals surface area contributed by atoms with Gasteiger partial charge in [0, 0.05) is 6.54 Å². The van der Waals surface area contributed by atoms with Crippen LogP contribution in [0, 0.1) is 0 Å². The van der Waals surface area contributed by atoms with Crippen LogP contribution in [0.5, 0.6) is 0 Å². The predicted octanol–water partition coefficient (Wildman–Crippen LogP) is 0.476. The first kappa shape index (κ1) is 17.2. The number of benzene rings is 1. The van der Waals surface area contributed by atoms with E-state index in [9.17, 15) is 19.2 Å². The first-order chi connectivity index (χ1) is 10.5. The summed E-state index contributed by atoms with van der Waals surface area (Å²) in [6.45, 7) is 1.47. The largest absolute Gasteiger partial charge is 0.465 e. The average Bonchev–Trinajstić information content (AvgIpc) is 2.52. The number of ether oxygens (including phenoxy) is 2. The van der Waals surface area contributed by atoms with E-state index in [1.165, 1.54) is 31.4 Å². The van der Waals surface area contributed by atoms with E-state index < -0.39 is 30.5 Å². The zero-order valence-electron chi connectivity index (χ0n) is 12.2. The second kappa shape index (κ2) is 8.40. The quantitative estimate of drug-likeness (QED) is 0.765. The molecule has 0 saturated carbocycles. The fourth-order valence-corrected chi connectivity index (χ4v) is 1.44. The highest BCUT2D eigenvalue weighted by Crippen LogP contribution is 2.07. The Morgan fingerprint density at radius 3 is 2.05 bits per heavy atom. The summed E-state index contributed by atoms with van der Waals surface area (Å²) in [7, 11) is 1.25. The molecule has 0 heterocycles. The van der Waals surface area contributed by atoms with Gasteiger partial charge in [0.15, 0.2) is 6.61 Å². The van der Waals surface area contributed by atoms with Crippen LogP contribution < -0.4 is 10.6 Å². The summed E-state index contributed by atoms with van der Waals surface area (Å²) in [6, 6.07) is 4.88. The molecule has 3 amide bonds. The molecule has 0 unspecified atom stereocenters. The van der Waals surface area contributed by atoms with Gasteiger partial charge in [-0.1, -0.05) is 0 Å². The molecule has 0 spiro atoms. The minimum absolute atomic E-state index is 0.165. The normalized spacial score (nSPS) is 9.55. The molecule has 118 valence electrons. The number of esters is 2. The SMILES string of the molecule is CCNC(=O)NC(=O)COC(=O)c1ccc(C(=O)OC)cc1. The molecule has 0 aliphatic heterocycles. The number of nitrogens with one attached hydrogen (secondary N) is 2.